The van der Waals surface area contributed by atoms with Crippen LogP contribution in [-0.4, -0.2) is 48.3 Å². The molecular formula is C21H24F3N3O3. The number of rotatable bonds is 6. The van der Waals surface area contributed by atoms with Gasteiger partial charge in [-0.25, -0.2) is 0 Å². The maximum Gasteiger partial charge on any atom is 0.412 e. The molecule has 0 fully saturated rings. The Balaban J connectivity index is 1.75. The summed E-state index contributed by atoms with van der Waals surface area (Å²) in [7, 11) is 1.55. The highest BCUT2D eigenvalue weighted by Crippen LogP contribution is 2.33. The fourth-order valence-corrected chi connectivity index (χ4v) is 3.38. The predicted octanol–water partition coefficient (Wildman–Crippen LogP) is 3.48. The third kappa shape index (κ3) is 5.41. The first-order valence-corrected chi connectivity index (χ1v) is 9.62. The third-order valence-electron chi connectivity index (χ3n) is 4.89. The summed E-state index contributed by atoms with van der Waals surface area (Å²) in [5, 5.41) is 2.11. The van der Waals surface area contributed by atoms with Gasteiger partial charge in [0.1, 0.15) is 17.6 Å². The van der Waals surface area contributed by atoms with Gasteiger partial charge in [-0.1, -0.05) is 13.0 Å². The summed E-state index contributed by atoms with van der Waals surface area (Å²) >= 11 is 0. The minimum absolute atomic E-state index is 0.112. The molecule has 2 heterocycles. The Morgan fingerprint density at radius 2 is 2.20 bits per heavy atom. The van der Waals surface area contributed by atoms with Crippen LogP contribution in [0, 0.1) is 0 Å². The van der Waals surface area contributed by atoms with Crippen LogP contribution in [0.1, 0.15) is 30.5 Å². The monoisotopic (exact) mass is 423 g/mol. The lowest BCUT2D eigenvalue weighted by atomic mass is 10.1. The second-order valence-corrected chi connectivity index (χ2v) is 7.12. The van der Waals surface area contributed by atoms with E-state index in [0.29, 0.717) is 31.0 Å². The van der Waals surface area contributed by atoms with Crippen molar-refractivity contribution in [2.45, 2.75) is 38.2 Å². The minimum Gasteiger partial charge on any atom is -0.497 e. The van der Waals surface area contributed by atoms with Crippen LogP contribution in [0.25, 0.3) is 0 Å². The van der Waals surface area contributed by atoms with Gasteiger partial charge in [-0.05, 0) is 30.7 Å². The summed E-state index contributed by atoms with van der Waals surface area (Å²) < 4.78 is 51.8. The first-order chi connectivity index (χ1) is 14.3. The number of nitrogens with one attached hydrogen (secondary N) is 1. The number of carbonyl (C=O) groups excluding carboxylic acids is 1. The van der Waals surface area contributed by atoms with Gasteiger partial charge >= 0.3 is 6.18 Å². The zero-order valence-electron chi connectivity index (χ0n) is 16.8. The van der Waals surface area contributed by atoms with E-state index in [1.807, 2.05) is 19.1 Å². The van der Waals surface area contributed by atoms with E-state index in [4.69, 9.17) is 9.47 Å². The number of hydrogen-bond acceptors (Lipinski definition) is 5. The van der Waals surface area contributed by atoms with Crippen molar-refractivity contribution in [2.75, 3.05) is 20.2 Å². The number of alkyl halides is 3. The van der Waals surface area contributed by atoms with Gasteiger partial charge in [-0.3, -0.25) is 14.7 Å². The van der Waals surface area contributed by atoms with Crippen LogP contribution >= 0.6 is 0 Å². The topological polar surface area (TPSA) is 63.7 Å². The summed E-state index contributed by atoms with van der Waals surface area (Å²) in [6.45, 7) is 2.55. The second kappa shape index (κ2) is 9.34. The number of carbonyl (C=O) groups is 1. The molecule has 1 aliphatic heterocycles. The summed E-state index contributed by atoms with van der Waals surface area (Å²) in [6.07, 6.45) is -1.62. The molecule has 2 atom stereocenters. The first-order valence-electron chi connectivity index (χ1n) is 9.62. The zero-order valence-corrected chi connectivity index (χ0v) is 16.8. The van der Waals surface area contributed by atoms with Crippen LogP contribution < -0.4 is 14.8 Å². The number of pyridine rings is 1. The SMILES string of the molecule is CCC1CN(CC(=O)NC(c2cccnc2)C(F)(F)F)Cc2cc(OC)ccc2O1. The fourth-order valence-electron chi connectivity index (χ4n) is 3.38. The van der Waals surface area contributed by atoms with Gasteiger partial charge in [-0.2, -0.15) is 13.2 Å². The number of nitrogens with zero attached hydrogens (tertiary/aromatic N) is 2. The van der Waals surface area contributed by atoms with Crippen molar-refractivity contribution in [3.05, 3.63) is 53.9 Å². The first kappa shape index (κ1) is 21.9. The van der Waals surface area contributed by atoms with Gasteiger partial charge in [0.2, 0.25) is 5.91 Å². The van der Waals surface area contributed by atoms with Crippen LogP contribution in [-0.2, 0) is 11.3 Å². The molecule has 0 saturated carbocycles. The highest BCUT2D eigenvalue weighted by Gasteiger charge is 2.42. The van der Waals surface area contributed by atoms with Crippen molar-refractivity contribution in [3.8, 4) is 11.5 Å². The van der Waals surface area contributed by atoms with Gasteiger partial charge in [0.25, 0.3) is 0 Å². The molecule has 1 aliphatic rings. The van der Waals surface area contributed by atoms with Gasteiger partial charge in [0.05, 0.1) is 13.7 Å². The van der Waals surface area contributed by atoms with E-state index in [0.717, 1.165) is 11.8 Å². The number of fused-ring (bicyclic) bond motifs is 1. The molecule has 0 spiro atoms. The van der Waals surface area contributed by atoms with Crippen molar-refractivity contribution < 1.29 is 27.4 Å². The summed E-state index contributed by atoms with van der Waals surface area (Å²) in [4.78, 5) is 18.1. The summed E-state index contributed by atoms with van der Waals surface area (Å²) in [6, 6.07) is 5.99. The Labute approximate surface area is 173 Å². The maximum atomic E-state index is 13.5. The molecule has 0 bridgehead atoms. The second-order valence-electron chi connectivity index (χ2n) is 7.12. The normalized spacial score (nSPS) is 18.0. The number of aromatic nitrogens is 1. The minimum atomic E-state index is -4.63. The standard InChI is InChI=1S/C21H24F3N3O3/c1-3-16-12-27(11-15-9-17(29-2)6-7-18(15)30-16)13-19(28)26-20(21(22,23)24)14-5-4-8-25-10-14/h4-10,16,20H,3,11-13H2,1-2H3,(H,26,28). The molecule has 2 unspecified atom stereocenters. The smallest absolute Gasteiger partial charge is 0.412 e. The average molecular weight is 423 g/mol. The molecule has 162 valence electrons. The van der Waals surface area contributed by atoms with Crippen LogP contribution in [0.5, 0.6) is 11.5 Å². The molecule has 6 nitrogen and oxygen atoms in total. The largest absolute Gasteiger partial charge is 0.497 e. The molecule has 1 aromatic carbocycles. The van der Waals surface area contributed by atoms with Crippen LogP contribution in [0.15, 0.2) is 42.7 Å². The van der Waals surface area contributed by atoms with E-state index >= 15 is 0 Å². The van der Waals surface area contributed by atoms with E-state index in [1.54, 1.807) is 18.1 Å². The van der Waals surface area contributed by atoms with Crippen molar-refractivity contribution in [3.63, 3.8) is 0 Å². The number of ether oxygens (including phenoxy) is 2. The van der Waals surface area contributed by atoms with Crippen molar-refractivity contribution in [1.82, 2.24) is 15.2 Å². The highest BCUT2D eigenvalue weighted by atomic mass is 19.4. The molecule has 0 aliphatic carbocycles. The quantitative estimate of drug-likeness (QED) is 0.771. The fraction of sp³-hybridized carbons (Fsp3) is 0.429. The van der Waals surface area contributed by atoms with Gasteiger partial charge in [0, 0.05) is 36.6 Å². The molecule has 0 saturated heterocycles. The Hall–Kier alpha value is -2.81. The van der Waals surface area contributed by atoms with Crippen LogP contribution in [0.2, 0.25) is 0 Å². The van der Waals surface area contributed by atoms with Crippen LogP contribution in [0.3, 0.4) is 0 Å². The molecule has 3 rings (SSSR count). The highest BCUT2D eigenvalue weighted by molar-refractivity contribution is 5.78. The molecule has 2 aromatic rings. The van der Waals surface area contributed by atoms with Crippen molar-refractivity contribution in [1.29, 1.82) is 0 Å². The van der Waals surface area contributed by atoms with E-state index in [9.17, 15) is 18.0 Å². The number of benzene rings is 1. The summed E-state index contributed by atoms with van der Waals surface area (Å²) in [5.41, 5.74) is 0.705. The van der Waals surface area contributed by atoms with Gasteiger partial charge < -0.3 is 14.8 Å². The lowest BCUT2D eigenvalue weighted by molar-refractivity contribution is -0.163. The van der Waals surface area contributed by atoms with E-state index in [1.165, 1.54) is 18.3 Å². The number of hydrogen-bond donors (Lipinski definition) is 1. The molecule has 9 heteroatoms. The van der Waals surface area contributed by atoms with E-state index in [-0.39, 0.29) is 18.2 Å². The zero-order chi connectivity index (χ0) is 21.7. The van der Waals surface area contributed by atoms with Crippen molar-refractivity contribution >= 4 is 5.91 Å². The lowest BCUT2D eigenvalue weighted by Gasteiger charge is -2.25. The molecule has 1 N–H and O–H groups in total. The van der Waals surface area contributed by atoms with E-state index in [2.05, 4.69) is 10.3 Å². The maximum absolute atomic E-state index is 13.5. The van der Waals surface area contributed by atoms with Crippen molar-refractivity contribution in [2.24, 2.45) is 0 Å². The Kier molecular flexibility index (Phi) is 6.81. The average Bonchev–Trinajstić information content (AvgIpc) is 2.89. The van der Waals surface area contributed by atoms with Crippen LogP contribution in [0.4, 0.5) is 13.2 Å². The Morgan fingerprint density at radius 3 is 2.83 bits per heavy atom. The molecular weight excluding hydrogens is 399 g/mol. The molecule has 0 radical (unpaired) electrons. The third-order valence-corrected chi connectivity index (χ3v) is 4.89. The summed E-state index contributed by atoms with van der Waals surface area (Å²) in [5.74, 6) is 0.613. The Morgan fingerprint density at radius 1 is 1.40 bits per heavy atom. The molecule has 1 aromatic heterocycles. The number of amides is 1. The predicted molar refractivity (Wildman–Crippen MR) is 104 cm³/mol. The molecule has 1 amide bonds. The Bertz CT molecular complexity index is 862. The molecule has 30 heavy (non-hydrogen) atoms. The number of halogens is 3. The van der Waals surface area contributed by atoms with Gasteiger partial charge in [-0.15, -0.1) is 0 Å². The number of methoxy groups -OCH3 is 1. The van der Waals surface area contributed by atoms with E-state index < -0.39 is 18.1 Å². The van der Waals surface area contributed by atoms with Gasteiger partial charge in [0.15, 0.2) is 6.04 Å². The lowest BCUT2D eigenvalue weighted by Crippen LogP contribution is -2.44.